The van der Waals surface area contributed by atoms with Crippen LogP contribution in [0.5, 0.6) is 0 Å². The third-order valence-corrected chi connectivity index (χ3v) is 3.70. The highest BCUT2D eigenvalue weighted by molar-refractivity contribution is 5.91. The van der Waals surface area contributed by atoms with E-state index in [1.807, 2.05) is 43.3 Å². The largest absolute Gasteiger partial charge is 0.452 e. The van der Waals surface area contributed by atoms with Gasteiger partial charge in [0.1, 0.15) is 0 Å². The molecule has 0 aliphatic rings. The van der Waals surface area contributed by atoms with Gasteiger partial charge in [0.15, 0.2) is 6.61 Å². The quantitative estimate of drug-likeness (QED) is 0.788. The molecule has 2 aromatic carbocycles. The summed E-state index contributed by atoms with van der Waals surface area (Å²) in [6.45, 7) is 3.69. The van der Waals surface area contributed by atoms with Gasteiger partial charge in [-0.25, -0.2) is 4.79 Å². The highest BCUT2D eigenvalue weighted by Crippen LogP contribution is 2.17. The molecule has 1 atom stereocenters. The lowest BCUT2D eigenvalue weighted by molar-refractivity contribution is -0.125. The van der Waals surface area contributed by atoms with Gasteiger partial charge in [0.25, 0.3) is 5.91 Å². The molecule has 0 saturated heterocycles. The first-order valence-corrected chi connectivity index (χ1v) is 8.18. The zero-order chi connectivity index (χ0) is 17.4. The van der Waals surface area contributed by atoms with Crippen LogP contribution in [0.2, 0.25) is 0 Å². The first kappa shape index (κ1) is 17.7. The molecule has 0 heterocycles. The van der Waals surface area contributed by atoms with E-state index in [4.69, 9.17) is 4.74 Å². The summed E-state index contributed by atoms with van der Waals surface area (Å²) >= 11 is 0. The lowest BCUT2D eigenvalue weighted by Gasteiger charge is -2.18. The number of amides is 1. The molecule has 1 unspecified atom stereocenters. The van der Waals surface area contributed by atoms with E-state index in [9.17, 15) is 9.59 Å². The van der Waals surface area contributed by atoms with Crippen LogP contribution in [0, 0.1) is 6.92 Å². The van der Waals surface area contributed by atoms with Gasteiger partial charge in [-0.05, 0) is 31.0 Å². The van der Waals surface area contributed by atoms with E-state index in [1.165, 1.54) is 0 Å². The summed E-state index contributed by atoms with van der Waals surface area (Å²) in [6, 6.07) is 16.8. The molecule has 2 aromatic rings. The van der Waals surface area contributed by atoms with Crippen LogP contribution in [0.4, 0.5) is 0 Å². The maximum Gasteiger partial charge on any atom is 0.338 e. The van der Waals surface area contributed by atoms with Crippen molar-refractivity contribution in [2.75, 3.05) is 6.61 Å². The fraction of sp³-hybridized carbons (Fsp3) is 0.300. The summed E-state index contributed by atoms with van der Waals surface area (Å²) in [7, 11) is 0. The predicted molar refractivity (Wildman–Crippen MR) is 93.7 cm³/mol. The van der Waals surface area contributed by atoms with Crippen LogP contribution in [-0.4, -0.2) is 18.5 Å². The second-order valence-corrected chi connectivity index (χ2v) is 5.77. The normalized spacial score (nSPS) is 11.6. The summed E-state index contributed by atoms with van der Waals surface area (Å²) in [5, 5.41) is 2.94. The highest BCUT2D eigenvalue weighted by Gasteiger charge is 2.15. The van der Waals surface area contributed by atoms with Crippen molar-refractivity contribution in [3.63, 3.8) is 0 Å². The average molecular weight is 325 g/mol. The Morgan fingerprint density at radius 1 is 1.08 bits per heavy atom. The summed E-state index contributed by atoms with van der Waals surface area (Å²) < 4.78 is 5.11. The van der Waals surface area contributed by atoms with Gasteiger partial charge < -0.3 is 10.1 Å². The van der Waals surface area contributed by atoms with Crippen molar-refractivity contribution in [2.24, 2.45) is 0 Å². The number of benzene rings is 2. The van der Waals surface area contributed by atoms with Crippen LogP contribution in [0.25, 0.3) is 0 Å². The first-order valence-electron chi connectivity index (χ1n) is 8.18. The topological polar surface area (TPSA) is 55.4 Å². The smallest absolute Gasteiger partial charge is 0.338 e. The fourth-order valence-corrected chi connectivity index (χ4v) is 2.52. The molecular formula is C20H23NO3. The molecule has 0 saturated carbocycles. The Kier molecular flexibility index (Phi) is 6.55. The number of hydrogen-bond acceptors (Lipinski definition) is 3. The third-order valence-electron chi connectivity index (χ3n) is 3.70. The molecule has 0 aromatic heterocycles. The van der Waals surface area contributed by atoms with Crippen molar-refractivity contribution in [3.8, 4) is 0 Å². The molecule has 0 radical (unpaired) electrons. The van der Waals surface area contributed by atoms with Gasteiger partial charge in [-0.1, -0.05) is 61.4 Å². The molecular weight excluding hydrogens is 302 g/mol. The van der Waals surface area contributed by atoms with Crippen LogP contribution in [0.3, 0.4) is 0 Å². The number of carbonyl (C=O) groups excluding carboxylic acids is 2. The zero-order valence-electron chi connectivity index (χ0n) is 14.1. The molecule has 1 N–H and O–H groups in total. The van der Waals surface area contributed by atoms with Gasteiger partial charge in [-0.15, -0.1) is 0 Å². The highest BCUT2D eigenvalue weighted by atomic mass is 16.5. The van der Waals surface area contributed by atoms with Crippen LogP contribution < -0.4 is 5.32 Å². The maximum atomic E-state index is 12.1. The SMILES string of the molecule is CCCC(NC(=O)COC(=O)c1cccc(C)c1)c1ccccc1. The Labute approximate surface area is 142 Å². The molecule has 126 valence electrons. The first-order chi connectivity index (χ1) is 11.6. The number of carbonyl (C=O) groups is 2. The average Bonchev–Trinajstić information content (AvgIpc) is 2.60. The van der Waals surface area contributed by atoms with Crippen molar-refractivity contribution in [1.82, 2.24) is 5.32 Å². The Hall–Kier alpha value is -2.62. The van der Waals surface area contributed by atoms with Crippen LogP contribution >= 0.6 is 0 Å². The molecule has 24 heavy (non-hydrogen) atoms. The van der Waals surface area contributed by atoms with E-state index < -0.39 is 5.97 Å². The number of ether oxygens (including phenoxy) is 1. The third kappa shape index (κ3) is 5.23. The van der Waals surface area contributed by atoms with Crippen molar-refractivity contribution in [2.45, 2.75) is 32.7 Å². The van der Waals surface area contributed by atoms with Crippen molar-refractivity contribution >= 4 is 11.9 Å². The van der Waals surface area contributed by atoms with E-state index >= 15 is 0 Å². The minimum atomic E-state index is -0.486. The van der Waals surface area contributed by atoms with E-state index in [0.29, 0.717) is 5.56 Å². The minimum absolute atomic E-state index is 0.0682. The summed E-state index contributed by atoms with van der Waals surface area (Å²) in [5.41, 5.74) is 2.48. The van der Waals surface area contributed by atoms with Crippen LogP contribution in [0.15, 0.2) is 54.6 Å². The van der Waals surface area contributed by atoms with Crippen molar-refractivity contribution in [1.29, 1.82) is 0 Å². The molecule has 1 amide bonds. The van der Waals surface area contributed by atoms with Gasteiger partial charge in [0.2, 0.25) is 0 Å². The van der Waals surface area contributed by atoms with Crippen molar-refractivity contribution in [3.05, 3.63) is 71.3 Å². The van der Waals surface area contributed by atoms with Crippen LogP contribution in [0.1, 0.15) is 47.3 Å². The molecule has 0 aliphatic carbocycles. The number of hydrogen-bond donors (Lipinski definition) is 1. The molecule has 0 bridgehead atoms. The minimum Gasteiger partial charge on any atom is -0.452 e. The number of aryl methyl sites for hydroxylation is 1. The maximum absolute atomic E-state index is 12.1. The Morgan fingerprint density at radius 2 is 1.83 bits per heavy atom. The molecule has 4 nitrogen and oxygen atoms in total. The monoisotopic (exact) mass is 325 g/mol. The molecule has 4 heteroatoms. The van der Waals surface area contributed by atoms with E-state index in [1.54, 1.807) is 18.2 Å². The molecule has 0 spiro atoms. The van der Waals surface area contributed by atoms with Gasteiger partial charge >= 0.3 is 5.97 Å². The molecule has 0 aliphatic heterocycles. The van der Waals surface area contributed by atoms with Crippen molar-refractivity contribution < 1.29 is 14.3 Å². The zero-order valence-corrected chi connectivity index (χ0v) is 14.1. The Morgan fingerprint density at radius 3 is 2.50 bits per heavy atom. The van der Waals surface area contributed by atoms with Gasteiger partial charge in [0.05, 0.1) is 11.6 Å². The van der Waals surface area contributed by atoms with E-state index in [-0.39, 0.29) is 18.6 Å². The second-order valence-electron chi connectivity index (χ2n) is 5.77. The summed E-state index contributed by atoms with van der Waals surface area (Å²) in [4.78, 5) is 24.1. The number of esters is 1. The van der Waals surface area contributed by atoms with Crippen LogP contribution in [-0.2, 0) is 9.53 Å². The molecule has 2 rings (SSSR count). The lowest BCUT2D eigenvalue weighted by atomic mass is 10.0. The predicted octanol–water partition coefficient (Wildman–Crippen LogP) is 3.81. The lowest BCUT2D eigenvalue weighted by Crippen LogP contribution is -2.32. The Balaban J connectivity index is 1.90. The van der Waals surface area contributed by atoms with Gasteiger partial charge in [0, 0.05) is 0 Å². The van der Waals surface area contributed by atoms with E-state index in [2.05, 4.69) is 12.2 Å². The van der Waals surface area contributed by atoms with Gasteiger partial charge in [-0.2, -0.15) is 0 Å². The fourth-order valence-electron chi connectivity index (χ4n) is 2.52. The van der Waals surface area contributed by atoms with E-state index in [0.717, 1.165) is 24.0 Å². The summed E-state index contributed by atoms with van der Waals surface area (Å²) in [5.74, 6) is -0.779. The standard InChI is InChI=1S/C20H23NO3/c1-3-8-18(16-10-5-4-6-11-16)21-19(22)14-24-20(23)17-12-7-9-15(2)13-17/h4-7,9-13,18H,3,8,14H2,1-2H3,(H,21,22). The molecule has 0 fully saturated rings. The summed E-state index contributed by atoms with van der Waals surface area (Å²) in [6.07, 6.45) is 1.78. The number of rotatable bonds is 7. The van der Waals surface area contributed by atoms with Gasteiger partial charge in [-0.3, -0.25) is 4.79 Å². The second kappa shape index (κ2) is 8.87. The number of nitrogens with one attached hydrogen (secondary N) is 1. The Bertz CT molecular complexity index is 682.